The van der Waals surface area contributed by atoms with Crippen molar-refractivity contribution in [3.63, 3.8) is 0 Å². The molecule has 0 spiro atoms. The van der Waals surface area contributed by atoms with E-state index in [9.17, 15) is 0 Å². The van der Waals surface area contributed by atoms with Crippen LogP contribution in [0.5, 0.6) is 0 Å². The molecule has 0 saturated carbocycles. The van der Waals surface area contributed by atoms with Crippen molar-refractivity contribution in [2.75, 3.05) is 14.1 Å². The van der Waals surface area contributed by atoms with Crippen molar-refractivity contribution in [2.45, 2.75) is 60.9 Å². The van der Waals surface area contributed by atoms with Crippen LogP contribution < -0.4 is 0 Å². The maximum absolute atomic E-state index is 2.35. The van der Waals surface area contributed by atoms with E-state index in [0.29, 0.717) is 23.8 Å². The summed E-state index contributed by atoms with van der Waals surface area (Å²) in [7, 11) is 4.38. The third kappa shape index (κ3) is 3.31. The zero-order valence-electron chi connectivity index (χ0n) is 14.5. The fourth-order valence-electron chi connectivity index (χ4n) is 3.30. The van der Waals surface area contributed by atoms with Gasteiger partial charge in [0.25, 0.3) is 0 Å². The molecule has 1 aliphatic carbocycles. The lowest BCUT2D eigenvalue weighted by atomic mass is 9.85. The molecule has 0 saturated heterocycles. The van der Waals surface area contributed by atoms with Crippen LogP contribution in [-0.2, 0) is 0 Å². The quantitative estimate of drug-likeness (QED) is 0.682. The Hall–Kier alpha value is -0.560. The lowest BCUT2D eigenvalue weighted by Gasteiger charge is -2.26. The van der Waals surface area contributed by atoms with Crippen LogP contribution in [0.25, 0.3) is 0 Å². The maximum Gasteiger partial charge on any atom is 0.0282 e. The predicted octanol–water partition coefficient (Wildman–Crippen LogP) is 4.90. The standard InChI is InChI=1S/C18H33N/c1-11(2)15-10-16(14(7)19(8)9)18(13(5)6)17(15)12(3)4/h11-14H,10H2,1-9H3. The van der Waals surface area contributed by atoms with Crippen molar-refractivity contribution in [2.24, 2.45) is 17.8 Å². The van der Waals surface area contributed by atoms with E-state index in [2.05, 4.69) is 67.5 Å². The van der Waals surface area contributed by atoms with Crippen LogP contribution >= 0.6 is 0 Å². The topological polar surface area (TPSA) is 3.24 Å². The summed E-state index contributed by atoms with van der Waals surface area (Å²) >= 11 is 0. The molecule has 1 unspecified atom stereocenters. The lowest BCUT2D eigenvalue weighted by molar-refractivity contribution is 0.344. The van der Waals surface area contributed by atoms with Gasteiger partial charge in [0.1, 0.15) is 0 Å². The highest BCUT2D eigenvalue weighted by molar-refractivity contribution is 5.51. The first-order chi connectivity index (χ1) is 8.68. The molecule has 1 rings (SSSR count). The Balaban J connectivity index is 3.33. The van der Waals surface area contributed by atoms with Gasteiger partial charge in [0.2, 0.25) is 0 Å². The second-order valence-electron chi connectivity index (χ2n) is 7.16. The van der Waals surface area contributed by atoms with Gasteiger partial charge in [-0.15, -0.1) is 0 Å². The van der Waals surface area contributed by atoms with Crippen LogP contribution in [0.2, 0.25) is 0 Å². The summed E-state index contributed by atoms with van der Waals surface area (Å²) in [5, 5.41) is 0. The van der Waals surface area contributed by atoms with Crippen LogP contribution in [0.3, 0.4) is 0 Å². The smallest absolute Gasteiger partial charge is 0.0282 e. The van der Waals surface area contributed by atoms with Gasteiger partial charge in [-0.1, -0.05) is 47.1 Å². The van der Waals surface area contributed by atoms with Crippen LogP contribution in [0.15, 0.2) is 22.3 Å². The average Bonchev–Trinajstić information content (AvgIpc) is 2.67. The fourth-order valence-corrected chi connectivity index (χ4v) is 3.30. The second-order valence-corrected chi connectivity index (χ2v) is 7.16. The summed E-state index contributed by atoms with van der Waals surface area (Å²) in [5.41, 5.74) is 6.66. The minimum absolute atomic E-state index is 0.544. The summed E-state index contributed by atoms with van der Waals surface area (Å²) < 4.78 is 0. The molecule has 0 aliphatic heterocycles. The molecule has 0 aromatic carbocycles. The summed E-state index contributed by atoms with van der Waals surface area (Å²) in [6.45, 7) is 16.4. The Bertz CT molecular complexity index is 380. The van der Waals surface area contributed by atoms with Gasteiger partial charge in [-0.25, -0.2) is 0 Å². The van der Waals surface area contributed by atoms with E-state index in [1.165, 1.54) is 6.42 Å². The highest BCUT2D eigenvalue weighted by Gasteiger charge is 2.31. The summed E-state index contributed by atoms with van der Waals surface area (Å²) in [5.74, 6) is 1.94. The Morgan fingerprint density at radius 2 is 1.11 bits per heavy atom. The van der Waals surface area contributed by atoms with E-state index in [1.807, 2.05) is 0 Å². The van der Waals surface area contributed by atoms with E-state index in [0.717, 1.165) is 0 Å². The first-order valence-electron chi connectivity index (χ1n) is 7.81. The van der Waals surface area contributed by atoms with E-state index in [-0.39, 0.29) is 0 Å². The number of allylic oxidation sites excluding steroid dienone is 3. The van der Waals surface area contributed by atoms with Gasteiger partial charge < -0.3 is 4.90 Å². The molecule has 0 fully saturated rings. The van der Waals surface area contributed by atoms with Gasteiger partial charge in [-0.05, 0) is 61.9 Å². The molecule has 0 bridgehead atoms. The van der Waals surface area contributed by atoms with Crippen molar-refractivity contribution >= 4 is 0 Å². The largest absolute Gasteiger partial charge is 0.303 e. The highest BCUT2D eigenvalue weighted by atomic mass is 15.1. The Kier molecular flexibility index (Phi) is 5.43. The monoisotopic (exact) mass is 263 g/mol. The van der Waals surface area contributed by atoms with E-state index in [4.69, 9.17) is 0 Å². The van der Waals surface area contributed by atoms with Crippen molar-refractivity contribution < 1.29 is 0 Å². The van der Waals surface area contributed by atoms with Crippen LogP contribution in [-0.4, -0.2) is 25.0 Å². The van der Waals surface area contributed by atoms with E-state index in [1.54, 1.807) is 22.3 Å². The van der Waals surface area contributed by atoms with Gasteiger partial charge in [0, 0.05) is 6.04 Å². The van der Waals surface area contributed by atoms with Crippen LogP contribution in [0.4, 0.5) is 0 Å². The number of hydrogen-bond donors (Lipinski definition) is 0. The maximum atomic E-state index is 2.35. The van der Waals surface area contributed by atoms with Gasteiger partial charge in [-0.2, -0.15) is 0 Å². The van der Waals surface area contributed by atoms with Gasteiger partial charge >= 0.3 is 0 Å². The molecule has 110 valence electrons. The first-order valence-corrected chi connectivity index (χ1v) is 7.81. The van der Waals surface area contributed by atoms with Crippen LogP contribution in [0, 0.1) is 17.8 Å². The van der Waals surface area contributed by atoms with E-state index < -0.39 is 0 Å². The molecule has 0 aromatic heterocycles. The van der Waals surface area contributed by atoms with Crippen LogP contribution in [0.1, 0.15) is 54.9 Å². The van der Waals surface area contributed by atoms with Crippen molar-refractivity contribution in [3.8, 4) is 0 Å². The number of hydrogen-bond acceptors (Lipinski definition) is 1. The Labute approximate surface area is 120 Å². The van der Waals surface area contributed by atoms with Crippen molar-refractivity contribution in [1.29, 1.82) is 0 Å². The van der Waals surface area contributed by atoms with Crippen molar-refractivity contribution in [1.82, 2.24) is 4.90 Å². The third-order valence-electron chi connectivity index (χ3n) is 4.49. The summed E-state index contributed by atoms with van der Waals surface area (Å²) in [6.07, 6.45) is 1.19. The second kappa shape index (κ2) is 6.26. The lowest BCUT2D eigenvalue weighted by Crippen LogP contribution is -2.27. The molecule has 1 atom stereocenters. The zero-order chi connectivity index (χ0) is 14.9. The molecule has 0 aromatic rings. The molecule has 1 nitrogen and oxygen atoms in total. The summed E-state index contributed by atoms with van der Waals surface area (Å²) in [6, 6.07) is 0.544. The van der Waals surface area contributed by atoms with E-state index >= 15 is 0 Å². The minimum Gasteiger partial charge on any atom is -0.303 e. The molecule has 0 amide bonds. The molecule has 0 N–H and O–H groups in total. The van der Waals surface area contributed by atoms with Gasteiger partial charge in [0.15, 0.2) is 0 Å². The number of nitrogens with zero attached hydrogens (tertiary/aromatic N) is 1. The average molecular weight is 263 g/mol. The van der Waals surface area contributed by atoms with Crippen molar-refractivity contribution in [3.05, 3.63) is 22.3 Å². The molecule has 0 heterocycles. The molecule has 0 radical (unpaired) electrons. The normalized spacial score (nSPS) is 18.8. The molecular formula is C18H33N. The highest BCUT2D eigenvalue weighted by Crippen LogP contribution is 2.44. The fraction of sp³-hybridized carbons (Fsp3) is 0.778. The molecule has 1 aliphatic rings. The molecular weight excluding hydrogens is 230 g/mol. The Morgan fingerprint density at radius 3 is 1.42 bits per heavy atom. The Morgan fingerprint density at radius 1 is 0.684 bits per heavy atom. The van der Waals surface area contributed by atoms with Gasteiger partial charge in [-0.3, -0.25) is 0 Å². The number of likely N-dealkylation sites (N-methyl/N-ethyl adjacent to an activating group) is 1. The molecule has 19 heavy (non-hydrogen) atoms. The third-order valence-corrected chi connectivity index (χ3v) is 4.49. The molecule has 1 heteroatoms. The SMILES string of the molecule is CC(C)C1=C(C(C)C)C(C(C)C)=C(C(C)N(C)C)C1. The minimum atomic E-state index is 0.544. The summed E-state index contributed by atoms with van der Waals surface area (Å²) in [4.78, 5) is 2.35. The first kappa shape index (κ1) is 16.5. The number of rotatable bonds is 5. The predicted molar refractivity (Wildman–Crippen MR) is 86.3 cm³/mol. The van der Waals surface area contributed by atoms with Gasteiger partial charge in [0.05, 0.1) is 0 Å². The zero-order valence-corrected chi connectivity index (χ0v) is 14.5.